The second-order valence-corrected chi connectivity index (χ2v) is 8.96. The van der Waals surface area contributed by atoms with Gasteiger partial charge in [0.2, 0.25) is 5.91 Å². The number of benzene rings is 1. The molecule has 0 unspecified atom stereocenters. The van der Waals surface area contributed by atoms with Crippen LogP contribution < -0.4 is 10.1 Å². The summed E-state index contributed by atoms with van der Waals surface area (Å²) in [4.78, 5) is 15.8. The van der Waals surface area contributed by atoms with Crippen molar-refractivity contribution in [3.8, 4) is 5.75 Å². The third-order valence-corrected chi connectivity index (χ3v) is 6.96. The second kappa shape index (κ2) is 8.99. The van der Waals surface area contributed by atoms with Gasteiger partial charge in [-0.05, 0) is 64.5 Å². The van der Waals surface area contributed by atoms with Crippen molar-refractivity contribution in [1.29, 1.82) is 0 Å². The third kappa shape index (κ3) is 4.73. The van der Waals surface area contributed by atoms with Gasteiger partial charge in [0.05, 0.1) is 6.10 Å². The lowest BCUT2D eigenvalue weighted by atomic mass is 9.79. The minimum Gasteiger partial charge on any atom is -0.490 e. The first kappa shape index (κ1) is 20.6. The SMILES string of the molecule is O=C(NC1CCC(Oc2cc(F)cc(F)c2)CC1)C1(N2CCCC2)CCCCC1. The maximum Gasteiger partial charge on any atom is 0.240 e. The molecule has 0 bridgehead atoms. The van der Waals surface area contributed by atoms with Crippen molar-refractivity contribution in [3.63, 3.8) is 0 Å². The molecule has 1 amide bonds. The zero-order chi connectivity index (χ0) is 20.3. The van der Waals surface area contributed by atoms with Crippen LogP contribution in [0.4, 0.5) is 8.78 Å². The minimum absolute atomic E-state index is 0.0634. The summed E-state index contributed by atoms with van der Waals surface area (Å²) in [7, 11) is 0. The Hall–Kier alpha value is -1.69. The molecule has 2 saturated carbocycles. The molecule has 2 aliphatic carbocycles. The van der Waals surface area contributed by atoms with Crippen LogP contribution in [0.5, 0.6) is 5.75 Å². The number of nitrogens with one attached hydrogen (secondary N) is 1. The Bertz CT molecular complexity index is 687. The normalized spacial score (nSPS) is 27.5. The largest absolute Gasteiger partial charge is 0.490 e. The molecule has 1 aromatic carbocycles. The quantitative estimate of drug-likeness (QED) is 0.779. The van der Waals surface area contributed by atoms with Crippen molar-refractivity contribution in [2.45, 2.75) is 88.3 Å². The van der Waals surface area contributed by atoms with Crippen molar-refractivity contribution >= 4 is 5.91 Å². The smallest absolute Gasteiger partial charge is 0.240 e. The monoisotopic (exact) mass is 406 g/mol. The molecule has 1 heterocycles. The van der Waals surface area contributed by atoms with Crippen LogP contribution in [0.3, 0.4) is 0 Å². The Morgan fingerprint density at radius 3 is 2.17 bits per heavy atom. The van der Waals surface area contributed by atoms with Gasteiger partial charge in [0.15, 0.2) is 0 Å². The lowest BCUT2D eigenvalue weighted by Gasteiger charge is -2.44. The number of nitrogens with zero attached hydrogens (tertiary/aromatic N) is 1. The van der Waals surface area contributed by atoms with Gasteiger partial charge < -0.3 is 10.1 Å². The summed E-state index contributed by atoms with van der Waals surface area (Å²) in [6.45, 7) is 2.08. The molecular formula is C23H32F2N2O2. The number of amides is 1. The highest BCUT2D eigenvalue weighted by Gasteiger charge is 2.46. The molecule has 1 aromatic rings. The average molecular weight is 407 g/mol. The summed E-state index contributed by atoms with van der Waals surface area (Å²) in [6, 6.07) is 3.45. The fourth-order valence-electron chi connectivity index (χ4n) is 5.40. The number of hydrogen-bond donors (Lipinski definition) is 1. The second-order valence-electron chi connectivity index (χ2n) is 8.96. The lowest BCUT2D eigenvalue weighted by Crippen LogP contribution is -2.60. The van der Waals surface area contributed by atoms with E-state index < -0.39 is 11.6 Å². The molecular weight excluding hydrogens is 374 g/mol. The molecule has 3 fully saturated rings. The van der Waals surface area contributed by atoms with Crippen LogP contribution in [0.25, 0.3) is 0 Å². The van der Waals surface area contributed by atoms with Gasteiger partial charge in [-0.25, -0.2) is 8.78 Å². The summed E-state index contributed by atoms with van der Waals surface area (Å²) >= 11 is 0. The Labute approximate surface area is 172 Å². The number of halogens is 2. The minimum atomic E-state index is -0.624. The molecule has 1 aliphatic heterocycles. The van der Waals surface area contributed by atoms with E-state index >= 15 is 0 Å². The van der Waals surface area contributed by atoms with Gasteiger partial charge in [0.25, 0.3) is 0 Å². The average Bonchev–Trinajstić information content (AvgIpc) is 3.24. The van der Waals surface area contributed by atoms with Crippen LogP contribution in [-0.4, -0.2) is 41.6 Å². The molecule has 3 aliphatic rings. The van der Waals surface area contributed by atoms with E-state index in [1.807, 2.05) is 0 Å². The molecule has 160 valence electrons. The highest BCUT2D eigenvalue weighted by atomic mass is 19.1. The van der Waals surface area contributed by atoms with Gasteiger partial charge in [-0.1, -0.05) is 19.3 Å². The maximum atomic E-state index is 13.4. The predicted octanol–water partition coefficient (Wildman–Crippen LogP) is 4.57. The highest BCUT2D eigenvalue weighted by Crippen LogP contribution is 2.37. The van der Waals surface area contributed by atoms with Crippen molar-refractivity contribution in [1.82, 2.24) is 10.2 Å². The molecule has 0 radical (unpaired) electrons. The van der Waals surface area contributed by atoms with Crippen LogP contribution in [0, 0.1) is 11.6 Å². The molecule has 1 saturated heterocycles. The first-order valence-electron chi connectivity index (χ1n) is 11.2. The maximum absolute atomic E-state index is 13.4. The van der Waals surface area contributed by atoms with Crippen LogP contribution in [0.2, 0.25) is 0 Å². The molecule has 4 rings (SSSR count). The molecule has 0 aromatic heterocycles. The number of carbonyl (C=O) groups is 1. The van der Waals surface area contributed by atoms with Gasteiger partial charge >= 0.3 is 0 Å². The van der Waals surface area contributed by atoms with Crippen molar-refractivity contribution in [3.05, 3.63) is 29.8 Å². The number of likely N-dealkylation sites (tertiary alicyclic amines) is 1. The zero-order valence-electron chi connectivity index (χ0n) is 17.1. The molecule has 0 atom stereocenters. The summed E-state index contributed by atoms with van der Waals surface area (Å²) in [5.41, 5.74) is -0.304. The Morgan fingerprint density at radius 1 is 0.931 bits per heavy atom. The van der Waals surface area contributed by atoms with Crippen LogP contribution in [0.1, 0.15) is 70.6 Å². The van der Waals surface area contributed by atoms with Crippen LogP contribution >= 0.6 is 0 Å². The fraction of sp³-hybridized carbons (Fsp3) is 0.696. The number of ether oxygens (including phenoxy) is 1. The van der Waals surface area contributed by atoms with Gasteiger partial charge in [0, 0.05) is 24.2 Å². The molecule has 1 N–H and O–H groups in total. The number of hydrogen-bond acceptors (Lipinski definition) is 3. The van der Waals surface area contributed by atoms with E-state index in [4.69, 9.17) is 4.74 Å². The van der Waals surface area contributed by atoms with Gasteiger partial charge in [-0.3, -0.25) is 9.69 Å². The van der Waals surface area contributed by atoms with Gasteiger partial charge in [-0.15, -0.1) is 0 Å². The molecule has 0 spiro atoms. The standard InChI is InChI=1S/C23H32F2N2O2/c24-17-14-18(25)16-21(15-17)29-20-8-6-19(7-9-20)26-22(28)23(10-2-1-3-11-23)27-12-4-5-13-27/h14-16,19-20H,1-13H2,(H,26,28). The first-order chi connectivity index (χ1) is 14.0. The zero-order valence-corrected chi connectivity index (χ0v) is 17.1. The first-order valence-corrected chi connectivity index (χ1v) is 11.2. The summed E-state index contributed by atoms with van der Waals surface area (Å²) in [6.07, 6.45) is 11.0. The molecule has 29 heavy (non-hydrogen) atoms. The van der Waals surface area contributed by atoms with Crippen LogP contribution in [-0.2, 0) is 4.79 Å². The van der Waals surface area contributed by atoms with Gasteiger partial charge in [-0.2, -0.15) is 0 Å². The third-order valence-electron chi connectivity index (χ3n) is 6.96. The Morgan fingerprint density at radius 2 is 1.55 bits per heavy atom. The fourth-order valence-corrected chi connectivity index (χ4v) is 5.40. The number of rotatable bonds is 5. The predicted molar refractivity (Wildman–Crippen MR) is 108 cm³/mol. The Balaban J connectivity index is 1.32. The van der Waals surface area contributed by atoms with Crippen molar-refractivity contribution in [2.75, 3.05) is 13.1 Å². The molecule has 6 heteroatoms. The summed E-state index contributed by atoms with van der Waals surface area (Å²) < 4.78 is 32.5. The topological polar surface area (TPSA) is 41.6 Å². The van der Waals surface area contributed by atoms with Crippen LogP contribution in [0.15, 0.2) is 18.2 Å². The van der Waals surface area contributed by atoms with E-state index in [9.17, 15) is 13.6 Å². The molecule has 4 nitrogen and oxygen atoms in total. The lowest BCUT2D eigenvalue weighted by molar-refractivity contribution is -0.136. The number of carbonyl (C=O) groups excluding carboxylic acids is 1. The van der Waals surface area contributed by atoms with E-state index in [-0.39, 0.29) is 29.3 Å². The van der Waals surface area contributed by atoms with E-state index in [0.29, 0.717) is 0 Å². The van der Waals surface area contributed by atoms with E-state index in [1.165, 1.54) is 31.4 Å². The van der Waals surface area contributed by atoms with E-state index in [1.54, 1.807) is 0 Å². The van der Waals surface area contributed by atoms with Crippen molar-refractivity contribution in [2.24, 2.45) is 0 Å². The summed E-state index contributed by atoms with van der Waals surface area (Å²) in [5, 5.41) is 3.35. The van der Waals surface area contributed by atoms with Gasteiger partial charge in [0.1, 0.15) is 22.9 Å². The summed E-state index contributed by atoms with van der Waals surface area (Å²) in [5.74, 6) is -0.790. The van der Waals surface area contributed by atoms with E-state index in [2.05, 4.69) is 10.2 Å². The Kier molecular flexibility index (Phi) is 6.38. The highest BCUT2D eigenvalue weighted by molar-refractivity contribution is 5.86. The van der Waals surface area contributed by atoms with Crippen molar-refractivity contribution < 1.29 is 18.3 Å². The van der Waals surface area contributed by atoms with E-state index in [0.717, 1.165) is 70.5 Å².